The van der Waals surface area contributed by atoms with Gasteiger partial charge in [-0.25, -0.2) is 9.18 Å². The van der Waals surface area contributed by atoms with Gasteiger partial charge in [0.25, 0.3) is 11.8 Å². The van der Waals surface area contributed by atoms with Gasteiger partial charge in [0.1, 0.15) is 18.0 Å². The van der Waals surface area contributed by atoms with Crippen molar-refractivity contribution in [3.63, 3.8) is 0 Å². The number of rotatable bonds is 11. The van der Waals surface area contributed by atoms with E-state index in [1.807, 2.05) is 29.5 Å². The lowest BCUT2D eigenvalue weighted by Gasteiger charge is -2.26. The second-order valence-corrected chi connectivity index (χ2v) is 10.1. The Morgan fingerprint density at radius 2 is 1.71 bits per heavy atom. The fourth-order valence-electron chi connectivity index (χ4n) is 4.06. The number of methoxy groups -OCH3 is 2. The normalized spacial score (nSPS) is 14.2. The summed E-state index contributed by atoms with van der Waals surface area (Å²) >= 11 is 2.03. The lowest BCUT2D eigenvalue weighted by atomic mass is 10.1. The van der Waals surface area contributed by atoms with Crippen LogP contribution in [0.25, 0.3) is 6.08 Å². The van der Waals surface area contributed by atoms with Crippen molar-refractivity contribution in [1.82, 2.24) is 10.2 Å². The number of carbonyl (C=O) groups excluding carboxylic acids is 3. The Kier molecular flexibility index (Phi) is 9.82. The van der Waals surface area contributed by atoms with Crippen LogP contribution in [0.15, 0.2) is 60.2 Å². The first-order valence-electron chi connectivity index (χ1n) is 12.7. The number of hydrogen-bond acceptors (Lipinski definition) is 7. The van der Waals surface area contributed by atoms with Gasteiger partial charge in [-0.3, -0.25) is 19.8 Å². The Labute approximate surface area is 250 Å². The molecule has 11 heteroatoms. The van der Waals surface area contributed by atoms with Crippen LogP contribution in [0.5, 0.6) is 23.0 Å². The molecule has 0 aliphatic carbocycles. The molecule has 1 aliphatic heterocycles. The number of imide groups is 2. The molecule has 0 radical (unpaired) electrons. The van der Waals surface area contributed by atoms with Gasteiger partial charge in [0.2, 0.25) is 0 Å². The van der Waals surface area contributed by atoms with Crippen molar-refractivity contribution in [2.45, 2.75) is 26.5 Å². The highest BCUT2D eigenvalue weighted by Crippen LogP contribution is 2.36. The molecule has 0 aromatic heterocycles. The third-order valence-corrected chi connectivity index (χ3v) is 6.91. The highest BCUT2D eigenvalue weighted by molar-refractivity contribution is 14.1. The van der Waals surface area contributed by atoms with Crippen molar-refractivity contribution in [3.8, 4) is 23.0 Å². The predicted molar refractivity (Wildman–Crippen MR) is 157 cm³/mol. The topological polar surface area (TPSA) is 103 Å². The maximum Gasteiger partial charge on any atom is 0.331 e. The van der Waals surface area contributed by atoms with Crippen molar-refractivity contribution in [2.24, 2.45) is 0 Å². The summed E-state index contributed by atoms with van der Waals surface area (Å²) in [4.78, 5) is 39.6. The molecule has 1 saturated heterocycles. The van der Waals surface area contributed by atoms with E-state index < -0.39 is 17.8 Å². The largest absolute Gasteiger partial charge is 0.493 e. The van der Waals surface area contributed by atoms with Gasteiger partial charge in [0, 0.05) is 5.56 Å². The van der Waals surface area contributed by atoms with Gasteiger partial charge in [-0.05, 0) is 76.5 Å². The molecule has 1 N–H and O–H groups in total. The molecule has 0 bridgehead atoms. The lowest BCUT2D eigenvalue weighted by molar-refractivity contribution is -0.130. The number of halogens is 2. The molecular weight excluding hydrogens is 646 g/mol. The van der Waals surface area contributed by atoms with Crippen LogP contribution in [0.4, 0.5) is 9.18 Å². The first-order chi connectivity index (χ1) is 19.7. The minimum absolute atomic E-state index is 0.0199. The van der Waals surface area contributed by atoms with E-state index in [1.165, 1.54) is 26.4 Å². The number of amides is 4. The fourth-order valence-corrected chi connectivity index (χ4v) is 4.84. The number of carbonyl (C=O) groups is 3. The van der Waals surface area contributed by atoms with Gasteiger partial charge in [-0.1, -0.05) is 31.2 Å². The van der Waals surface area contributed by atoms with Crippen LogP contribution < -0.4 is 24.3 Å². The summed E-state index contributed by atoms with van der Waals surface area (Å²) in [7, 11) is 2.95. The van der Waals surface area contributed by atoms with Crippen molar-refractivity contribution in [1.29, 1.82) is 0 Å². The summed E-state index contributed by atoms with van der Waals surface area (Å²) < 4.78 is 37.0. The van der Waals surface area contributed by atoms with Crippen LogP contribution in [0, 0.1) is 9.39 Å². The molecule has 0 spiro atoms. The molecule has 4 rings (SSSR count). The van der Waals surface area contributed by atoms with Crippen LogP contribution in [0.3, 0.4) is 0 Å². The standard InChI is InChI=1S/C30H28FIN2O7/c1-4-11-40-24-10-9-18(14-25(24)38-2)16-34-29(36)21(28(35)33-30(34)37)12-19-13-23(32)27(26(15-19)39-3)41-17-20-7-5-6-8-22(20)31/h5-10,12-15H,4,11,16-17H2,1-3H3,(H,33,35,37)/b21-12+. The zero-order chi connectivity index (χ0) is 29.5. The Morgan fingerprint density at radius 1 is 0.951 bits per heavy atom. The molecule has 1 aliphatic rings. The molecule has 1 fully saturated rings. The van der Waals surface area contributed by atoms with Gasteiger partial charge < -0.3 is 18.9 Å². The SMILES string of the molecule is CCCOc1ccc(CN2C(=O)NC(=O)/C(=C\c3cc(I)c(OCc4ccccc4F)c(OC)c3)C2=O)cc1OC. The van der Waals surface area contributed by atoms with Crippen molar-refractivity contribution < 1.29 is 37.7 Å². The van der Waals surface area contributed by atoms with E-state index in [0.717, 1.165) is 11.3 Å². The maximum absolute atomic E-state index is 14.0. The van der Waals surface area contributed by atoms with E-state index >= 15 is 0 Å². The number of hydrogen-bond donors (Lipinski definition) is 1. The fraction of sp³-hybridized carbons (Fsp3) is 0.233. The summed E-state index contributed by atoms with van der Waals surface area (Å²) in [5.41, 5.74) is 1.23. The van der Waals surface area contributed by atoms with E-state index in [4.69, 9.17) is 18.9 Å². The lowest BCUT2D eigenvalue weighted by Crippen LogP contribution is -2.53. The van der Waals surface area contributed by atoms with E-state index in [1.54, 1.807) is 48.5 Å². The molecule has 1 heterocycles. The monoisotopic (exact) mass is 674 g/mol. The van der Waals surface area contributed by atoms with Gasteiger partial charge >= 0.3 is 6.03 Å². The van der Waals surface area contributed by atoms with Crippen molar-refractivity contribution in [3.05, 3.63) is 86.2 Å². The average Bonchev–Trinajstić information content (AvgIpc) is 2.96. The second-order valence-electron chi connectivity index (χ2n) is 8.96. The van der Waals surface area contributed by atoms with Crippen LogP contribution in [-0.2, 0) is 22.7 Å². The van der Waals surface area contributed by atoms with Gasteiger partial charge in [-0.2, -0.15) is 0 Å². The van der Waals surface area contributed by atoms with E-state index in [9.17, 15) is 18.8 Å². The van der Waals surface area contributed by atoms with Gasteiger partial charge in [-0.15, -0.1) is 0 Å². The van der Waals surface area contributed by atoms with Gasteiger partial charge in [0.05, 0.1) is 30.9 Å². The highest BCUT2D eigenvalue weighted by atomic mass is 127. The van der Waals surface area contributed by atoms with E-state index in [0.29, 0.717) is 49.9 Å². The van der Waals surface area contributed by atoms with E-state index in [-0.39, 0.29) is 24.5 Å². The molecule has 3 aromatic carbocycles. The van der Waals surface area contributed by atoms with Crippen LogP contribution >= 0.6 is 22.6 Å². The molecule has 0 unspecified atom stereocenters. The predicted octanol–water partition coefficient (Wildman–Crippen LogP) is 5.48. The summed E-state index contributed by atoms with van der Waals surface area (Å²) in [5, 5.41) is 2.23. The smallest absolute Gasteiger partial charge is 0.331 e. The minimum atomic E-state index is -0.827. The maximum atomic E-state index is 14.0. The Morgan fingerprint density at radius 3 is 2.41 bits per heavy atom. The zero-order valence-electron chi connectivity index (χ0n) is 22.7. The van der Waals surface area contributed by atoms with Gasteiger partial charge in [0.15, 0.2) is 23.0 Å². The molecular formula is C30H28FIN2O7. The number of barbiturate groups is 1. The summed E-state index contributed by atoms with van der Waals surface area (Å²) in [6, 6.07) is 13.9. The third kappa shape index (κ3) is 6.96. The number of nitrogens with zero attached hydrogens (tertiary/aromatic N) is 1. The molecule has 4 amide bonds. The zero-order valence-corrected chi connectivity index (χ0v) is 24.8. The molecule has 41 heavy (non-hydrogen) atoms. The Bertz CT molecular complexity index is 1510. The van der Waals surface area contributed by atoms with Crippen LogP contribution in [0.1, 0.15) is 30.0 Å². The molecule has 0 atom stereocenters. The number of urea groups is 1. The number of nitrogens with one attached hydrogen (secondary N) is 1. The van der Waals surface area contributed by atoms with E-state index in [2.05, 4.69) is 5.32 Å². The van der Waals surface area contributed by atoms with Crippen molar-refractivity contribution in [2.75, 3.05) is 20.8 Å². The second kappa shape index (κ2) is 13.5. The molecule has 3 aromatic rings. The van der Waals surface area contributed by atoms with Crippen LogP contribution in [-0.4, -0.2) is 43.6 Å². The Balaban J connectivity index is 1.57. The average molecular weight is 674 g/mol. The minimum Gasteiger partial charge on any atom is -0.493 e. The first-order valence-corrected chi connectivity index (χ1v) is 13.8. The quantitative estimate of drug-likeness (QED) is 0.163. The molecule has 214 valence electrons. The summed E-state index contributed by atoms with van der Waals surface area (Å²) in [6.45, 7) is 2.39. The highest BCUT2D eigenvalue weighted by Gasteiger charge is 2.36. The molecule has 9 nitrogen and oxygen atoms in total. The number of ether oxygens (including phenoxy) is 4. The summed E-state index contributed by atoms with van der Waals surface area (Å²) in [5.74, 6) is -0.226. The van der Waals surface area contributed by atoms with Crippen LogP contribution in [0.2, 0.25) is 0 Å². The first kappa shape index (κ1) is 29.8. The number of benzene rings is 3. The third-order valence-electron chi connectivity index (χ3n) is 6.11. The van der Waals surface area contributed by atoms with Crippen molar-refractivity contribution >= 4 is 46.5 Å². The molecule has 0 saturated carbocycles. The summed E-state index contributed by atoms with van der Waals surface area (Å²) in [6.07, 6.45) is 2.20. The Hall–Kier alpha value is -4.13.